The molecule has 1 aliphatic rings. The molecule has 0 bridgehead atoms. The van der Waals surface area contributed by atoms with Crippen molar-refractivity contribution in [3.63, 3.8) is 0 Å². The van der Waals surface area contributed by atoms with E-state index in [1.807, 2.05) is 13.8 Å². The van der Waals surface area contributed by atoms with Crippen molar-refractivity contribution in [3.05, 3.63) is 0 Å². The highest BCUT2D eigenvalue weighted by molar-refractivity contribution is 5.82. The highest BCUT2D eigenvalue weighted by Gasteiger charge is 2.38. The van der Waals surface area contributed by atoms with E-state index in [0.29, 0.717) is 0 Å². The van der Waals surface area contributed by atoms with Crippen LogP contribution in [0.4, 0.5) is 0 Å². The fourth-order valence-corrected chi connectivity index (χ4v) is 4.81. The summed E-state index contributed by atoms with van der Waals surface area (Å²) < 4.78 is 11.5. The maximum absolute atomic E-state index is 12.9. The van der Waals surface area contributed by atoms with Crippen molar-refractivity contribution < 1.29 is 19.1 Å². The number of rotatable bonds is 18. The Morgan fingerprint density at radius 2 is 0.969 bits per heavy atom. The second-order valence-electron chi connectivity index (χ2n) is 10.1. The molecule has 1 saturated carbocycles. The van der Waals surface area contributed by atoms with Crippen LogP contribution in [0.1, 0.15) is 143 Å². The van der Waals surface area contributed by atoms with Crippen molar-refractivity contribution in [1.29, 1.82) is 0 Å². The van der Waals surface area contributed by atoms with Crippen LogP contribution in [0.25, 0.3) is 0 Å². The second-order valence-corrected chi connectivity index (χ2v) is 10.1. The Hall–Kier alpha value is -1.06. The summed E-state index contributed by atoms with van der Waals surface area (Å²) in [4.78, 5) is 25.7. The van der Waals surface area contributed by atoms with Gasteiger partial charge in [0.15, 0.2) is 0 Å². The molecule has 0 heterocycles. The molecule has 4 unspecified atom stereocenters. The van der Waals surface area contributed by atoms with E-state index in [1.165, 1.54) is 64.2 Å². The first-order valence-electron chi connectivity index (χ1n) is 13.9. The van der Waals surface area contributed by atoms with Gasteiger partial charge in [-0.1, -0.05) is 90.9 Å². The fourth-order valence-electron chi connectivity index (χ4n) is 4.81. The lowest BCUT2D eigenvalue weighted by Gasteiger charge is -2.30. The van der Waals surface area contributed by atoms with Crippen LogP contribution in [0.3, 0.4) is 0 Å². The molecule has 32 heavy (non-hydrogen) atoms. The standard InChI is InChI=1S/C28H52O4/c1-5-7-9-11-13-15-19-23(3)31-27(29)25-21-17-18-22-26(25)28(30)32-24(4)20-16-14-12-10-8-6-2/h23-26H,5-22H2,1-4H3. The number of unbranched alkanes of at least 4 members (excludes halogenated alkanes) is 10. The topological polar surface area (TPSA) is 52.6 Å². The molecule has 1 aliphatic carbocycles. The van der Waals surface area contributed by atoms with Gasteiger partial charge < -0.3 is 9.47 Å². The minimum Gasteiger partial charge on any atom is -0.462 e. The first-order valence-corrected chi connectivity index (χ1v) is 13.9. The summed E-state index contributed by atoms with van der Waals surface area (Å²) in [5.74, 6) is -1.03. The van der Waals surface area contributed by atoms with E-state index in [2.05, 4.69) is 13.8 Å². The third kappa shape index (κ3) is 12.8. The molecule has 0 spiro atoms. The lowest BCUT2D eigenvalue weighted by atomic mass is 9.79. The third-order valence-electron chi connectivity index (χ3n) is 6.93. The molecule has 4 heteroatoms. The zero-order valence-corrected chi connectivity index (χ0v) is 21.7. The van der Waals surface area contributed by atoms with Gasteiger partial charge in [0, 0.05) is 0 Å². The van der Waals surface area contributed by atoms with E-state index in [0.717, 1.165) is 51.4 Å². The Balaban J connectivity index is 2.35. The van der Waals surface area contributed by atoms with Crippen LogP contribution in [0, 0.1) is 11.8 Å². The van der Waals surface area contributed by atoms with Gasteiger partial charge in [-0.2, -0.15) is 0 Å². The Morgan fingerprint density at radius 3 is 1.34 bits per heavy atom. The number of carbonyl (C=O) groups is 2. The molecular formula is C28H52O4. The van der Waals surface area contributed by atoms with Gasteiger partial charge in [0.1, 0.15) is 0 Å². The molecule has 4 nitrogen and oxygen atoms in total. The van der Waals surface area contributed by atoms with E-state index in [-0.39, 0.29) is 36.0 Å². The second kappa shape index (κ2) is 18.4. The van der Waals surface area contributed by atoms with Crippen molar-refractivity contribution in [3.8, 4) is 0 Å². The third-order valence-corrected chi connectivity index (χ3v) is 6.93. The van der Waals surface area contributed by atoms with Gasteiger partial charge in [0.05, 0.1) is 24.0 Å². The van der Waals surface area contributed by atoms with Crippen LogP contribution < -0.4 is 0 Å². The maximum Gasteiger partial charge on any atom is 0.310 e. The summed E-state index contributed by atoms with van der Waals surface area (Å²) in [7, 11) is 0. The van der Waals surface area contributed by atoms with E-state index >= 15 is 0 Å². The molecule has 0 radical (unpaired) electrons. The minimum atomic E-state index is -0.329. The first kappa shape index (κ1) is 29.0. The quantitative estimate of drug-likeness (QED) is 0.155. The van der Waals surface area contributed by atoms with Crippen LogP contribution in [0.5, 0.6) is 0 Å². The summed E-state index contributed by atoms with van der Waals surface area (Å²) in [6.45, 7) is 8.43. The molecule has 4 atom stereocenters. The molecule has 0 N–H and O–H groups in total. The smallest absolute Gasteiger partial charge is 0.310 e. The molecule has 0 aromatic heterocycles. The summed E-state index contributed by atoms with van der Waals surface area (Å²) in [5.41, 5.74) is 0. The molecule has 188 valence electrons. The Labute approximate surface area is 198 Å². The summed E-state index contributed by atoms with van der Waals surface area (Å²) >= 11 is 0. The Morgan fingerprint density at radius 1 is 0.625 bits per heavy atom. The number of carbonyl (C=O) groups excluding carboxylic acids is 2. The molecule has 0 aromatic carbocycles. The molecule has 0 amide bonds. The summed E-state index contributed by atoms with van der Waals surface area (Å²) in [5, 5.41) is 0. The molecule has 0 saturated heterocycles. The van der Waals surface area contributed by atoms with Crippen LogP contribution >= 0.6 is 0 Å². The van der Waals surface area contributed by atoms with Crippen molar-refractivity contribution >= 4 is 11.9 Å². The summed E-state index contributed by atoms with van der Waals surface area (Å²) in [6, 6.07) is 0. The van der Waals surface area contributed by atoms with E-state index in [9.17, 15) is 9.59 Å². The molecule has 1 rings (SSSR count). The number of hydrogen-bond donors (Lipinski definition) is 0. The Kier molecular flexibility index (Phi) is 16.6. The van der Waals surface area contributed by atoms with Crippen molar-refractivity contribution in [2.45, 2.75) is 155 Å². The van der Waals surface area contributed by atoms with Crippen LogP contribution in [0.2, 0.25) is 0 Å². The predicted octanol–water partition coefficient (Wildman–Crippen LogP) is 8.16. The molecule has 1 fully saturated rings. The van der Waals surface area contributed by atoms with E-state index in [1.54, 1.807) is 0 Å². The van der Waals surface area contributed by atoms with Crippen molar-refractivity contribution in [2.75, 3.05) is 0 Å². The van der Waals surface area contributed by atoms with Gasteiger partial charge >= 0.3 is 11.9 Å². The maximum atomic E-state index is 12.9. The van der Waals surface area contributed by atoms with Gasteiger partial charge in [0.2, 0.25) is 0 Å². The zero-order chi connectivity index (χ0) is 23.6. The van der Waals surface area contributed by atoms with Gasteiger partial charge in [-0.05, 0) is 52.4 Å². The van der Waals surface area contributed by atoms with E-state index < -0.39 is 0 Å². The predicted molar refractivity (Wildman–Crippen MR) is 133 cm³/mol. The van der Waals surface area contributed by atoms with Crippen molar-refractivity contribution in [1.82, 2.24) is 0 Å². The van der Waals surface area contributed by atoms with Gasteiger partial charge in [-0.15, -0.1) is 0 Å². The highest BCUT2D eigenvalue weighted by Crippen LogP contribution is 2.33. The average Bonchev–Trinajstić information content (AvgIpc) is 2.78. The van der Waals surface area contributed by atoms with Gasteiger partial charge in [-0.25, -0.2) is 0 Å². The largest absolute Gasteiger partial charge is 0.462 e. The van der Waals surface area contributed by atoms with Crippen LogP contribution in [-0.4, -0.2) is 24.1 Å². The average molecular weight is 453 g/mol. The molecular weight excluding hydrogens is 400 g/mol. The Bertz CT molecular complexity index is 446. The number of ether oxygens (including phenoxy) is 2. The summed E-state index contributed by atoms with van der Waals surface area (Å²) in [6.07, 6.45) is 20.0. The molecule has 0 aliphatic heterocycles. The van der Waals surface area contributed by atoms with Crippen LogP contribution in [-0.2, 0) is 19.1 Å². The van der Waals surface area contributed by atoms with Crippen molar-refractivity contribution in [2.24, 2.45) is 11.8 Å². The normalized spacial score (nSPS) is 20.5. The first-order chi connectivity index (χ1) is 15.5. The molecule has 0 aromatic rings. The SMILES string of the molecule is CCCCCCCCC(C)OC(=O)C1CCCCC1C(=O)OC(C)CCCCCCCC. The zero-order valence-electron chi connectivity index (χ0n) is 21.7. The van der Waals surface area contributed by atoms with Gasteiger partial charge in [0.25, 0.3) is 0 Å². The monoisotopic (exact) mass is 452 g/mol. The highest BCUT2D eigenvalue weighted by atomic mass is 16.6. The lowest BCUT2D eigenvalue weighted by molar-refractivity contribution is -0.168. The van der Waals surface area contributed by atoms with E-state index in [4.69, 9.17) is 9.47 Å². The minimum absolute atomic E-state index is 0.0705. The van der Waals surface area contributed by atoms with Crippen LogP contribution in [0.15, 0.2) is 0 Å². The van der Waals surface area contributed by atoms with Gasteiger partial charge in [-0.3, -0.25) is 9.59 Å². The number of hydrogen-bond acceptors (Lipinski definition) is 4. The lowest BCUT2D eigenvalue weighted by Crippen LogP contribution is -2.37. The fraction of sp³-hybridized carbons (Fsp3) is 0.929. The number of esters is 2.